The molecular formula is C39H69N3O7. The monoisotopic (exact) mass is 692 g/mol. The molecule has 10 atom stereocenters. The van der Waals surface area contributed by atoms with Crippen LogP contribution in [0.3, 0.4) is 0 Å². The number of methoxy groups -OCH3 is 1. The Morgan fingerprint density at radius 2 is 1.73 bits per heavy atom. The van der Waals surface area contributed by atoms with Gasteiger partial charge in [0.2, 0.25) is 0 Å². The number of likely N-dealkylation sites (N-methyl/N-ethyl adjacent to an activating group) is 2. The smallest absolute Gasteiger partial charge is 0.319 e. The minimum Gasteiger partial charge on any atom is -0.463 e. The molecule has 4 aliphatic rings. The molecule has 49 heavy (non-hydrogen) atoms. The summed E-state index contributed by atoms with van der Waals surface area (Å²) in [5.41, 5.74) is -2.30. The van der Waals surface area contributed by atoms with Crippen LogP contribution in [0.25, 0.3) is 0 Å². The van der Waals surface area contributed by atoms with E-state index < -0.39 is 41.4 Å². The predicted molar refractivity (Wildman–Crippen MR) is 192 cm³/mol. The third-order valence-electron chi connectivity index (χ3n) is 12.2. The summed E-state index contributed by atoms with van der Waals surface area (Å²) in [4.78, 5) is 35.0. The van der Waals surface area contributed by atoms with Gasteiger partial charge in [-0.05, 0) is 131 Å². The Labute approximate surface area is 297 Å². The molecule has 3 saturated heterocycles. The molecule has 1 N–H and O–H groups in total. The number of allylic oxidation sites excluding steroid dienone is 2. The third-order valence-corrected chi connectivity index (χ3v) is 12.2. The van der Waals surface area contributed by atoms with Crippen LogP contribution >= 0.6 is 0 Å². The van der Waals surface area contributed by atoms with Gasteiger partial charge in [0, 0.05) is 38.2 Å². The van der Waals surface area contributed by atoms with E-state index in [2.05, 4.69) is 35.9 Å². The normalized spacial score (nSPS) is 39.6. The summed E-state index contributed by atoms with van der Waals surface area (Å²) in [7, 11) is 7.66. The Balaban J connectivity index is 1.52. The second kappa shape index (κ2) is 17.4. The van der Waals surface area contributed by atoms with E-state index in [9.17, 15) is 14.7 Å². The number of nitrogens with zero attached hydrogens (tertiary/aromatic N) is 3. The largest absolute Gasteiger partial charge is 0.463 e. The van der Waals surface area contributed by atoms with Crippen molar-refractivity contribution in [2.24, 2.45) is 29.1 Å². The first-order valence-electron chi connectivity index (χ1n) is 19.0. The van der Waals surface area contributed by atoms with Crippen LogP contribution in [0, 0.1) is 29.1 Å². The topological polar surface area (TPSA) is 101 Å². The second-order valence-corrected chi connectivity index (χ2v) is 17.1. The van der Waals surface area contributed by atoms with Crippen LogP contribution in [0.2, 0.25) is 0 Å². The lowest BCUT2D eigenvalue weighted by atomic mass is 9.74. The maximum atomic E-state index is 14.3. The molecule has 3 fully saturated rings. The molecule has 0 bridgehead atoms. The van der Waals surface area contributed by atoms with Crippen molar-refractivity contribution < 1.29 is 33.6 Å². The summed E-state index contributed by atoms with van der Waals surface area (Å²) in [5, 5.41) is 11.4. The molecular weight excluding hydrogens is 622 g/mol. The molecule has 3 aliphatic heterocycles. The Bertz CT molecular complexity index is 1110. The van der Waals surface area contributed by atoms with E-state index >= 15 is 0 Å². The number of aliphatic hydroxyl groups excluding tert-OH is 1. The number of rotatable bonds is 8. The molecule has 0 amide bonds. The summed E-state index contributed by atoms with van der Waals surface area (Å²) in [6, 6.07) is -0.118. The number of Topliss-reactive ketones (excluding diaryl/α,β-unsaturated/α-hetero) is 1. The molecule has 10 heteroatoms. The Kier molecular flexibility index (Phi) is 14.3. The molecule has 10 nitrogen and oxygen atoms in total. The summed E-state index contributed by atoms with van der Waals surface area (Å²) < 4.78 is 25.2. The summed E-state index contributed by atoms with van der Waals surface area (Å²) in [6.45, 7) is 15.8. The first-order valence-corrected chi connectivity index (χ1v) is 19.0. The average molecular weight is 692 g/mol. The van der Waals surface area contributed by atoms with Gasteiger partial charge in [0.25, 0.3) is 0 Å². The SMILES string of the molecule is CO[C@]1(C)C[C@@H](C)CN(C)[C@@H](CC2CCN(CC3CC=CCC3)CC2)COC(=O)C(C)(C)C(=O)[C@H](C)[C@H]1O[C@@H]1O[C@H](C)C[C@H](N(C)C)[C@H]1O. The van der Waals surface area contributed by atoms with Crippen LogP contribution in [-0.2, 0) is 28.5 Å². The van der Waals surface area contributed by atoms with E-state index in [0.29, 0.717) is 18.8 Å². The maximum Gasteiger partial charge on any atom is 0.319 e. The Hall–Kier alpha value is -1.40. The number of carbonyl (C=O) groups excluding carboxylic acids is 2. The summed E-state index contributed by atoms with van der Waals surface area (Å²) in [5.74, 6) is -0.0154. The van der Waals surface area contributed by atoms with E-state index in [1.807, 2.05) is 32.8 Å². The van der Waals surface area contributed by atoms with Gasteiger partial charge in [0.1, 0.15) is 18.1 Å². The average Bonchev–Trinajstić information content (AvgIpc) is 3.06. The number of cyclic esters (lactones) is 1. The van der Waals surface area contributed by atoms with Crippen molar-refractivity contribution in [1.29, 1.82) is 0 Å². The highest BCUT2D eigenvalue weighted by Crippen LogP contribution is 2.38. The third kappa shape index (κ3) is 10.1. The van der Waals surface area contributed by atoms with Crippen LogP contribution in [0.1, 0.15) is 92.9 Å². The standard InChI is InChI=1S/C39H69N3O7/c1-26-22-39(6,46-10)35(49-36-33(43)32(40(7)8)20-27(2)48-36)28(3)34(44)38(4,5)37(45)47-25-31(41(9)23-26)21-29-16-18-42(19-17-29)24-30-14-12-11-13-15-30/h11-12,26-33,35-36,43H,13-25H2,1-10H3/t26-,27-,28+,30?,31+,32+,33-,35-,36+,39-/m1/s1. The summed E-state index contributed by atoms with van der Waals surface area (Å²) in [6.07, 6.45) is 10.1. The lowest BCUT2D eigenvalue weighted by molar-refractivity contribution is -0.295. The minimum absolute atomic E-state index is 0.0478. The molecule has 3 heterocycles. The fourth-order valence-corrected chi connectivity index (χ4v) is 9.01. The zero-order chi connectivity index (χ0) is 36.1. The van der Waals surface area contributed by atoms with Crippen molar-refractivity contribution in [2.45, 2.75) is 135 Å². The molecule has 4 rings (SSSR count). The van der Waals surface area contributed by atoms with Gasteiger partial charge in [-0.3, -0.25) is 14.5 Å². The van der Waals surface area contributed by atoms with Gasteiger partial charge >= 0.3 is 5.97 Å². The number of piperidine rings is 1. The van der Waals surface area contributed by atoms with E-state index in [4.69, 9.17) is 18.9 Å². The van der Waals surface area contributed by atoms with Gasteiger partial charge in [-0.1, -0.05) is 26.0 Å². The zero-order valence-electron chi connectivity index (χ0n) is 32.4. The van der Waals surface area contributed by atoms with Crippen LogP contribution in [-0.4, -0.2) is 135 Å². The van der Waals surface area contributed by atoms with Gasteiger partial charge in [0.15, 0.2) is 12.1 Å². The predicted octanol–water partition coefficient (Wildman–Crippen LogP) is 4.78. The highest BCUT2D eigenvalue weighted by molar-refractivity contribution is 6.04. The summed E-state index contributed by atoms with van der Waals surface area (Å²) >= 11 is 0. The number of esters is 1. The van der Waals surface area contributed by atoms with Gasteiger partial charge in [-0.2, -0.15) is 0 Å². The lowest BCUT2D eigenvalue weighted by Crippen LogP contribution is -2.59. The Morgan fingerprint density at radius 3 is 2.35 bits per heavy atom. The van der Waals surface area contributed by atoms with E-state index in [-0.39, 0.29) is 36.5 Å². The van der Waals surface area contributed by atoms with Crippen LogP contribution in [0.15, 0.2) is 12.2 Å². The number of hydrogen-bond donors (Lipinski definition) is 1. The van der Waals surface area contributed by atoms with Crippen molar-refractivity contribution >= 4 is 11.8 Å². The van der Waals surface area contributed by atoms with Crippen molar-refractivity contribution in [1.82, 2.24) is 14.7 Å². The second-order valence-electron chi connectivity index (χ2n) is 17.1. The highest BCUT2D eigenvalue weighted by atomic mass is 16.7. The van der Waals surface area contributed by atoms with Crippen molar-refractivity contribution in [3.8, 4) is 0 Å². The number of hydrogen-bond acceptors (Lipinski definition) is 10. The van der Waals surface area contributed by atoms with Gasteiger partial charge in [0.05, 0.1) is 17.8 Å². The van der Waals surface area contributed by atoms with Crippen LogP contribution in [0.4, 0.5) is 0 Å². The number of ether oxygens (including phenoxy) is 4. The maximum absolute atomic E-state index is 14.3. The molecule has 0 aromatic carbocycles. The Morgan fingerprint density at radius 1 is 1.04 bits per heavy atom. The molecule has 0 aromatic rings. The van der Waals surface area contributed by atoms with Gasteiger partial charge < -0.3 is 33.9 Å². The van der Waals surface area contributed by atoms with E-state index in [1.165, 1.54) is 25.8 Å². The minimum atomic E-state index is -1.40. The van der Waals surface area contributed by atoms with Gasteiger partial charge in [-0.25, -0.2) is 0 Å². The fourth-order valence-electron chi connectivity index (χ4n) is 9.01. The molecule has 1 aliphatic carbocycles. The van der Waals surface area contributed by atoms with Crippen LogP contribution in [0.5, 0.6) is 0 Å². The fraction of sp³-hybridized carbons (Fsp3) is 0.897. The highest BCUT2D eigenvalue weighted by Gasteiger charge is 2.51. The first-order chi connectivity index (χ1) is 23.0. The number of ketones is 1. The van der Waals surface area contributed by atoms with Crippen molar-refractivity contribution in [3.63, 3.8) is 0 Å². The van der Waals surface area contributed by atoms with E-state index in [0.717, 1.165) is 44.8 Å². The quantitative estimate of drug-likeness (QED) is 0.218. The molecule has 0 spiro atoms. The first kappa shape index (κ1) is 40.4. The van der Waals surface area contributed by atoms with E-state index in [1.54, 1.807) is 27.9 Å². The molecule has 0 saturated carbocycles. The zero-order valence-corrected chi connectivity index (χ0v) is 32.4. The lowest BCUT2D eigenvalue weighted by Gasteiger charge is -2.47. The number of aliphatic hydroxyl groups is 1. The van der Waals surface area contributed by atoms with Crippen molar-refractivity contribution in [3.05, 3.63) is 12.2 Å². The molecule has 1 unspecified atom stereocenters. The molecule has 282 valence electrons. The molecule has 0 aromatic heterocycles. The van der Waals surface area contributed by atoms with Crippen LogP contribution < -0.4 is 0 Å². The molecule has 0 radical (unpaired) electrons. The van der Waals surface area contributed by atoms with Gasteiger partial charge in [-0.15, -0.1) is 0 Å². The van der Waals surface area contributed by atoms with Crippen molar-refractivity contribution in [2.75, 3.05) is 61.0 Å². The number of carbonyl (C=O) groups is 2. The number of likely N-dealkylation sites (tertiary alicyclic amines) is 1.